The fourth-order valence-corrected chi connectivity index (χ4v) is 6.67. The number of allylic oxidation sites excluding steroid dienone is 1. The third kappa shape index (κ3) is 4.73. The standard InChI is InChI=1S/C33H33N2.ClHO4/c1-32(2)28(34(5)26-20-18-22-12-7-9-14-24(22)30(26)32)16-11-17-29-33(3,4)31-25-15-10-8-13-23(25)19-21-27(31)35(29)6;2-1(3,4)5/h7-15,18-21H,16H2,1-6H3;(H,2,3,4,5)/q+1;/p-1. The summed E-state index contributed by atoms with van der Waals surface area (Å²) >= 11 is 0. The Morgan fingerprint density at radius 2 is 1.30 bits per heavy atom. The molecule has 0 bridgehead atoms. The van der Waals surface area contributed by atoms with Crippen LogP contribution in [-0.2, 0) is 10.8 Å². The van der Waals surface area contributed by atoms with E-state index in [1.807, 2.05) is 0 Å². The number of hydrogen-bond donors (Lipinski definition) is 0. The molecular weight excluding hydrogens is 524 g/mol. The number of fused-ring (bicyclic) bond motifs is 6. The van der Waals surface area contributed by atoms with Crippen LogP contribution in [0.5, 0.6) is 0 Å². The molecule has 0 atom stereocenters. The van der Waals surface area contributed by atoms with Gasteiger partial charge in [0.15, 0.2) is 5.71 Å². The van der Waals surface area contributed by atoms with Crippen molar-refractivity contribution in [3.05, 3.63) is 101 Å². The molecule has 0 fully saturated rings. The first kappa shape index (κ1) is 28.1. The number of benzene rings is 4. The van der Waals surface area contributed by atoms with E-state index < -0.39 is 10.2 Å². The Kier molecular flexibility index (Phi) is 6.92. The molecule has 7 heteroatoms. The van der Waals surface area contributed by atoms with Gasteiger partial charge in [0.1, 0.15) is 7.05 Å². The number of rotatable bonds is 2. The molecule has 2 heterocycles. The van der Waals surface area contributed by atoms with Crippen LogP contribution in [-0.4, -0.2) is 24.4 Å². The van der Waals surface area contributed by atoms with E-state index in [9.17, 15) is 0 Å². The molecule has 6 rings (SSSR count). The minimum absolute atomic E-state index is 0.0376. The van der Waals surface area contributed by atoms with Crippen molar-refractivity contribution in [2.75, 3.05) is 19.0 Å². The smallest absolute Gasteiger partial charge is 0.209 e. The van der Waals surface area contributed by atoms with Crippen molar-refractivity contribution in [1.82, 2.24) is 0 Å². The van der Waals surface area contributed by atoms with Crippen LogP contribution in [0.15, 0.2) is 90.3 Å². The molecule has 6 nitrogen and oxygen atoms in total. The first-order chi connectivity index (χ1) is 18.7. The molecule has 206 valence electrons. The summed E-state index contributed by atoms with van der Waals surface area (Å²) in [5.41, 5.74) is 11.7. The van der Waals surface area contributed by atoms with Crippen molar-refractivity contribution in [2.24, 2.45) is 0 Å². The maximum absolute atomic E-state index is 8.49. The lowest BCUT2D eigenvalue weighted by Gasteiger charge is -2.22. The SMILES string of the molecule is CN1C(=C=CCC2=[N+](C)c3ccc4ccccc4c3C2(C)C)C(C)(C)c2c1ccc1ccccc21.[O-][Cl+3]([O-])([O-])[O-]. The number of nitrogens with zero attached hydrogens (tertiary/aromatic N) is 2. The van der Waals surface area contributed by atoms with Gasteiger partial charge in [-0.15, -0.1) is 16.0 Å². The van der Waals surface area contributed by atoms with Crippen molar-refractivity contribution in [3.8, 4) is 0 Å². The quantitative estimate of drug-likeness (QED) is 0.279. The van der Waals surface area contributed by atoms with E-state index in [0.29, 0.717) is 0 Å². The van der Waals surface area contributed by atoms with Gasteiger partial charge in [0, 0.05) is 29.8 Å². The molecule has 40 heavy (non-hydrogen) atoms. The van der Waals surface area contributed by atoms with Crippen LogP contribution in [0.3, 0.4) is 0 Å². The number of anilines is 1. The second-order valence-corrected chi connectivity index (χ2v) is 12.2. The average Bonchev–Trinajstić information content (AvgIpc) is 3.21. The van der Waals surface area contributed by atoms with Gasteiger partial charge in [0.05, 0.1) is 17.5 Å². The van der Waals surface area contributed by atoms with Gasteiger partial charge in [0.25, 0.3) is 0 Å². The summed E-state index contributed by atoms with van der Waals surface area (Å²) in [6, 6.07) is 26.5. The zero-order valence-electron chi connectivity index (χ0n) is 23.6. The fraction of sp³-hybridized carbons (Fsp3) is 0.273. The predicted octanol–water partition coefficient (Wildman–Crippen LogP) is 3.10. The van der Waals surface area contributed by atoms with Crippen LogP contribution in [0, 0.1) is 10.2 Å². The molecular formula is C33H33ClN2O4. The summed E-state index contributed by atoms with van der Waals surface area (Å²) in [4.78, 5) is 2.33. The Morgan fingerprint density at radius 3 is 1.90 bits per heavy atom. The summed E-state index contributed by atoms with van der Waals surface area (Å²) in [6.07, 6.45) is 3.13. The molecule has 4 aromatic rings. The average molecular weight is 557 g/mol. The summed E-state index contributed by atoms with van der Waals surface area (Å²) in [7, 11) is -0.550. The van der Waals surface area contributed by atoms with Crippen molar-refractivity contribution in [3.63, 3.8) is 0 Å². The van der Waals surface area contributed by atoms with Gasteiger partial charge in [-0.05, 0) is 73.0 Å². The normalized spacial score (nSPS) is 16.9. The second-order valence-electron chi connectivity index (χ2n) is 11.5. The molecule has 0 spiro atoms. The van der Waals surface area contributed by atoms with Gasteiger partial charge in [-0.2, -0.15) is 0 Å². The van der Waals surface area contributed by atoms with Crippen molar-refractivity contribution in [1.29, 1.82) is 0 Å². The van der Waals surface area contributed by atoms with Crippen molar-refractivity contribution >= 4 is 38.6 Å². The van der Waals surface area contributed by atoms with E-state index in [0.717, 1.165) is 6.42 Å². The lowest BCUT2D eigenvalue weighted by atomic mass is 9.78. The van der Waals surface area contributed by atoms with Crippen molar-refractivity contribution in [2.45, 2.75) is 44.9 Å². The fourth-order valence-electron chi connectivity index (χ4n) is 6.67. The first-order valence-electron chi connectivity index (χ1n) is 13.2. The molecule has 0 radical (unpaired) electrons. The minimum atomic E-state index is -4.94. The maximum atomic E-state index is 8.49. The van der Waals surface area contributed by atoms with Crippen LogP contribution >= 0.6 is 0 Å². The number of hydrogen-bond acceptors (Lipinski definition) is 5. The third-order valence-electron chi connectivity index (χ3n) is 8.37. The van der Waals surface area contributed by atoms with Gasteiger partial charge < -0.3 is 4.90 Å². The monoisotopic (exact) mass is 556 g/mol. The molecule has 0 saturated carbocycles. The topological polar surface area (TPSA) is 98.5 Å². The van der Waals surface area contributed by atoms with Gasteiger partial charge in [0.2, 0.25) is 5.69 Å². The number of likely N-dealkylation sites (N-methyl/N-ethyl adjacent to an activating group) is 1. The van der Waals surface area contributed by atoms with E-state index in [2.05, 4.69) is 136 Å². The number of halogens is 1. The zero-order chi connectivity index (χ0) is 29.0. The molecule has 0 N–H and O–H groups in total. The highest BCUT2D eigenvalue weighted by Crippen LogP contribution is 2.50. The zero-order valence-corrected chi connectivity index (χ0v) is 24.4. The van der Waals surface area contributed by atoms with Crippen molar-refractivity contribution < 1.29 is 33.5 Å². The van der Waals surface area contributed by atoms with E-state index >= 15 is 0 Å². The largest absolute Gasteiger partial charge is 0.341 e. The van der Waals surface area contributed by atoms with E-state index in [4.69, 9.17) is 18.6 Å². The summed E-state index contributed by atoms with van der Waals surface area (Å²) in [6.45, 7) is 9.40. The highest BCUT2D eigenvalue weighted by Gasteiger charge is 2.45. The Morgan fingerprint density at radius 1 is 0.775 bits per heavy atom. The van der Waals surface area contributed by atoms with Crippen LogP contribution in [0.1, 0.15) is 45.2 Å². The van der Waals surface area contributed by atoms with Gasteiger partial charge in [-0.1, -0.05) is 54.6 Å². The Labute approximate surface area is 237 Å². The summed E-state index contributed by atoms with van der Waals surface area (Å²) < 4.78 is 36.4. The summed E-state index contributed by atoms with van der Waals surface area (Å²) in [5, 5.41) is 5.31. The first-order valence-corrected chi connectivity index (χ1v) is 14.4. The molecule has 2 aliphatic rings. The van der Waals surface area contributed by atoms with Crippen LogP contribution in [0.25, 0.3) is 21.5 Å². The van der Waals surface area contributed by atoms with Crippen LogP contribution in [0.4, 0.5) is 11.4 Å². The third-order valence-corrected chi connectivity index (χ3v) is 8.37. The molecule has 0 aromatic heterocycles. The van der Waals surface area contributed by atoms with Gasteiger partial charge in [-0.3, -0.25) is 0 Å². The predicted molar refractivity (Wildman–Crippen MR) is 149 cm³/mol. The van der Waals surface area contributed by atoms with Gasteiger partial charge >= 0.3 is 0 Å². The second kappa shape index (κ2) is 9.86. The minimum Gasteiger partial charge on any atom is -0.341 e. The Bertz CT molecular complexity index is 1730. The lowest BCUT2D eigenvalue weighted by Crippen LogP contribution is -2.68. The van der Waals surface area contributed by atoms with E-state index in [1.165, 1.54) is 55.5 Å². The molecule has 0 aliphatic carbocycles. The highest BCUT2D eigenvalue weighted by atomic mass is 35.7. The molecule has 0 amide bonds. The van der Waals surface area contributed by atoms with Crippen LogP contribution < -0.4 is 23.5 Å². The molecule has 4 aromatic carbocycles. The van der Waals surface area contributed by atoms with E-state index in [-0.39, 0.29) is 10.8 Å². The summed E-state index contributed by atoms with van der Waals surface area (Å²) in [5.74, 6) is 0. The van der Waals surface area contributed by atoms with E-state index in [1.54, 1.807) is 0 Å². The Hall–Kier alpha value is -3.48. The maximum Gasteiger partial charge on any atom is 0.209 e. The molecule has 0 saturated heterocycles. The molecule has 0 unspecified atom stereocenters. The lowest BCUT2D eigenvalue weighted by molar-refractivity contribution is -2.00. The molecule has 2 aliphatic heterocycles. The van der Waals surface area contributed by atoms with Gasteiger partial charge in [-0.25, -0.2) is 23.2 Å². The highest BCUT2D eigenvalue weighted by molar-refractivity contribution is 6.03. The van der Waals surface area contributed by atoms with Crippen LogP contribution in [0.2, 0.25) is 0 Å². The Balaban J connectivity index is 0.000000595.